The molecule has 1 heterocycles. The summed E-state index contributed by atoms with van der Waals surface area (Å²) in [5.41, 5.74) is 6.84. The largest absolute Gasteiger partial charge is 0.384 e. The highest BCUT2D eigenvalue weighted by Crippen LogP contribution is 2.12. The molecule has 1 aromatic carbocycles. The maximum absolute atomic E-state index is 5.78. The summed E-state index contributed by atoms with van der Waals surface area (Å²) in [6.45, 7) is 0.725. The van der Waals surface area contributed by atoms with Crippen molar-refractivity contribution in [2.45, 2.75) is 6.54 Å². The third-order valence-electron chi connectivity index (χ3n) is 2.01. The molecule has 2 aromatic rings. The Morgan fingerprint density at radius 1 is 1.29 bits per heavy atom. The van der Waals surface area contributed by atoms with Gasteiger partial charge in [-0.15, -0.1) is 0 Å². The molecule has 4 heteroatoms. The second-order valence-corrected chi connectivity index (χ2v) is 3.51. The molecule has 0 saturated heterocycles. The Hall–Kier alpha value is -1.48. The van der Waals surface area contributed by atoms with E-state index in [1.165, 1.54) is 0 Å². The van der Waals surface area contributed by atoms with E-state index >= 15 is 0 Å². The van der Waals surface area contributed by atoms with E-state index in [2.05, 4.69) is 4.98 Å². The van der Waals surface area contributed by atoms with Gasteiger partial charge in [0.25, 0.3) is 0 Å². The highest BCUT2D eigenvalue weighted by molar-refractivity contribution is 6.30. The standard InChI is InChI=1S/C10H10ClN3/c11-9-3-1-8(2-4-9)6-14-7-13-5-10(14)12/h1-5,7H,6,12H2. The van der Waals surface area contributed by atoms with Crippen LogP contribution in [0.2, 0.25) is 5.02 Å². The topological polar surface area (TPSA) is 43.8 Å². The average molecular weight is 208 g/mol. The molecule has 0 aliphatic carbocycles. The summed E-state index contributed by atoms with van der Waals surface area (Å²) in [6, 6.07) is 7.68. The maximum atomic E-state index is 5.78. The lowest BCUT2D eigenvalue weighted by Crippen LogP contribution is -2.02. The van der Waals surface area contributed by atoms with Crippen molar-refractivity contribution >= 4 is 17.4 Å². The normalized spacial score (nSPS) is 10.4. The van der Waals surface area contributed by atoms with Crippen molar-refractivity contribution < 1.29 is 0 Å². The van der Waals surface area contributed by atoms with Crippen LogP contribution in [-0.2, 0) is 6.54 Å². The highest BCUT2D eigenvalue weighted by Gasteiger charge is 1.98. The molecule has 1 aromatic heterocycles. The number of benzene rings is 1. The van der Waals surface area contributed by atoms with Gasteiger partial charge in [-0.2, -0.15) is 0 Å². The highest BCUT2D eigenvalue weighted by atomic mass is 35.5. The number of hydrogen-bond acceptors (Lipinski definition) is 2. The molecule has 72 valence electrons. The van der Waals surface area contributed by atoms with Crippen molar-refractivity contribution in [2.24, 2.45) is 0 Å². The van der Waals surface area contributed by atoms with E-state index in [9.17, 15) is 0 Å². The Kier molecular flexibility index (Phi) is 2.41. The zero-order chi connectivity index (χ0) is 9.97. The number of rotatable bonds is 2. The summed E-state index contributed by atoms with van der Waals surface area (Å²) in [5, 5.41) is 0.743. The van der Waals surface area contributed by atoms with Crippen LogP contribution in [0.4, 0.5) is 5.82 Å². The SMILES string of the molecule is Nc1cncn1Cc1ccc(Cl)cc1. The molecule has 0 radical (unpaired) electrons. The van der Waals surface area contributed by atoms with Crippen molar-refractivity contribution in [3.8, 4) is 0 Å². The summed E-state index contributed by atoms with van der Waals surface area (Å²) in [7, 11) is 0. The fraction of sp³-hybridized carbons (Fsp3) is 0.100. The number of halogens is 1. The van der Waals surface area contributed by atoms with E-state index in [0.717, 1.165) is 17.1 Å². The summed E-state index contributed by atoms with van der Waals surface area (Å²) in [4.78, 5) is 3.95. The first-order chi connectivity index (χ1) is 6.75. The number of anilines is 1. The van der Waals surface area contributed by atoms with Gasteiger partial charge in [-0.3, -0.25) is 0 Å². The van der Waals surface area contributed by atoms with Gasteiger partial charge in [-0.1, -0.05) is 23.7 Å². The van der Waals surface area contributed by atoms with Crippen LogP contribution < -0.4 is 5.73 Å². The molecule has 3 nitrogen and oxygen atoms in total. The summed E-state index contributed by atoms with van der Waals surface area (Å²) in [5.74, 6) is 0.667. The van der Waals surface area contributed by atoms with Crippen LogP contribution >= 0.6 is 11.6 Å². The van der Waals surface area contributed by atoms with Crippen LogP contribution in [-0.4, -0.2) is 9.55 Å². The van der Waals surface area contributed by atoms with Crippen LogP contribution in [0.3, 0.4) is 0 Å². The van der Waals surface area contributed by atoms with Gasteiger partial charge in [0.2, 0.25) is 0 Å². The number of nitrogens with two attached hydrogens (primary N) is 1. The predicted octanol–water partition coefficient (Wildman–Crippen LogP) is 2.17. The first-order valence-corrected chi connectivity index (χ1v) is 4.63. The van der Waals surface area contributed by atoms with Gasteiger partial charge >= 0.3 is 0 Å². The number of imidazole rings is 1. The Morgan fingerprint density at radius 3 is 2.57 bits per heavy atom. The fourth-order valence-electron chi connectivity index (χ4n) is 1.25. The Bertz CT molecular complexity index is 419. The van der Waals surface area contributed by atoms with Gasteiger partial charge in [-0.05, 0) is 17.7 Å². The van der Waals surface area contributed by atoms with E-state index < -0.39 is 0 Å². The quantitative estimate of drug-likeness (QED) is 0.820. The Morgan fingerprint density at radius 2 is 2.00 bits per heavy atom. The van der Waals surface area contributed by atoms with Gasteiger partial charge in [0.15, 0.2) is 0 Å². The van der Waals surface area contributed by atoms with Gasteiger partial charge in [-0.25, -0.2) is 4.98 Å². The lowest BCUT2D eigenvalue weighted by atomic mass is 10.2. The minimum Gasteiger partial charge on any atom is -0.384 e. The molecule has 2 rings (SSSR count). The van der Waals surface area contributed by atoms with Crippen LogP contribution in [0.5, 0.6) is 0 Å². The monoisotopic (exact) mass is 207 g/mol. The van der Waals surface area contributed by atoms with Crippen molar-refractivity contribution in [3.05, 3.63) is 47.4 Å². The van der Waals surface area contributed by atoms with Crippen molar-refractivity contribution in [2.75, 3.05) is 5.73 Å². The van der Waals surface area contributed by atoms with Gasteiger partial charge in [0, 0.05) is 5.02 Å². The second kappa shape index (κ2) is 3.72. The minimum atomic E-state index is 0.667. The van der Waals surface area contributed by atoms with Crippen molar-refractivity contribution in [1.82, 2.24) is 9.55 Å². The molecular weight excluding hydrogens is 198 g/mol. The average Bonchev–Trinajstić information content (AvgIpc) is 2.56. The van der Waals surface area contributed by atoms with E-state index in [1.54, 1.807) is 12.5 Å². The lowest BCUT2D eigenvalue weighted by Gasteiger charge is -2.04. The van der Waals surface area contributed by atoms with E-state index in [0.29, 0.717) is 5.82 Å². The molecule has 0 fully saturated rings. The molecule has 0 atom stereocenters. The molecule has 2 N–H and O–H groups in total. The molecule has 14 heavy (non-hydrogen) atoms. The van der Waals surface area contributed by atoms with Crippen LogP contribution in [0.15, 0.2) is 36.8 Å². The number of hydrogen-bond donors (Lipinski definition) is 1. The lowest BCUT2D eigenvalue weighted by molar-refractivity contribution is 0.808. The van der Waals surface area contributed by atoms with E-state index in [-0.39, 0.29) is 0 Å². The Labute approximate surface area is 87.1 Å². The number of nitrogen functional groups attached to an aromatic ring is 1. The molecular formula is C10H10ClN3. The van der Waals surface area contributed by atoms with Gasteiger partial charge < -0.3 is 10.3 Å². The fourth-order valence-corrected chi connectivity index (χ4v) is 1.38. The molecule has 0 unspecified atom stereocenters. The Balaban J connectivity index is 2.19. The van der Waals surface area contributed by atoms with E-state index in [4.69, 9.17) is 17.3 Å². The second-order valence-electron chi connectivity index (χ2n) is 3.07. The van der Waals surface area contributed by atoms with Crippen LogP contribution in [0.25, 0.3) is 0 Å². The van der Waals surface area contributed by atoms with E-state index in [1.807, 2.05) is 28.8 Å². The summed E-state index contributed by atoms with van der Waals surface area (Å²) < 4.78 is 1.88. The third kappa shape index (κ3) is 1.88. The molecule has 0 aliphatic rings. The number of aromatic nitrogens is 2. The zero-order valence-corrected chi connectivity index (χ0v) is 8.28. The maximum Gasteiger partial charge on any atom is 0.123 e. The molecule has 0 spiro atoms. The predicted molar refractivity (Wildman–Crippen MR) is 57.2 cm³/mol. The number of nitrogens with zero attached hydrogens (tertiary/aromatic N) is 2. The molecule has 0 saturated carbocycles. The van der Waals surface area contributed by atoms with Crippen LogP contribution in [0.1, 0.15) is 5.56 Å². The van der Waals surface area contributed by atoms with Gasteiger partial charge in [0.05, 0.1) is 19.1 Å². The minimum absolute atomic E-state index is 0.667. The first kappa shape index (κ1) is 9.09. The van der Waals surface area contributed by atoms with Crippen molar-refractivity contribution in [3.63, 3.8) is 0 Å². The molecule has 0 aliphatic heterocycles. The third-order valence-corrected chi connectivity index (χ3v) is 2.26. The molecule has 0 bridgehead atoms. The van der Waals surface area contributed by atoms with Crippen LogP contribution in [0, 0.1) is 0 Å². The summed E-state index contributed by atoms with van der Waals surface area (Å²) >= 11 is 5.78. The van der Waals surface area contributed by atoms with Gasteiger partial charge in [0.1, 0.15) is 5.82 Å². The summed E-state index contributed by atoms with van der Waals surface area (Å²) in [6.07, 6.45) is 3.35. The molecule has 0 amide bonds. The smallest absolute Gasteiger partial charge is 0.123 e. The van der Waals surface area contributed by atoms with Crippen molar-refractivity contribution in [1.29, 1.82) is 0 Å². The first-order valence-electron chi connectivity index (χ1n) is 4.26. The zero-order valence-electron chi connectivity index (χ0n) is 7.52.